The van der Waals surface area contributed by atoms with Crippen LogP contribution in [0.25, 0.3) is 0 Å². The number of benzene rings is 2. The average Bonchev–Trinajstić information content (AvgIpc) is 2.61. The molecule has 0 heterocycles. The molecule has 0 aliphatic rings. The number of para-hydroxylation sites is 2. The van der Waals surface area contributed by atoms with Crippen LogP contribution < -0.4 is 9.46 Å². The number of hydrogen-bond donors (Lipinski definition) is 1. The summed E-state index contributed by atoms with van der Waals surface area (Å²) >= 11 is 0. The fraction of sp³-hybridized carbons (Fsp3) is 0.176. The topological polar surface area (TPSA) is 105 Å². The van der Waals surface area contributed by atoms with E-state index in [-0.39, 0.29) is 17.0 Å². The van der Waals surface area contributed by atoms with Gasteiger partial charge in [0.05, 0.1) is 18.4 Å². The van der Waals surface area contributed by atoms with Gasteiger partial charge in [0.15, 0.2) is 6.10 Å². The maximum Gasteiger partial charge on any atom is 0.339 e. The predicted molar refractivity (Wildman–Crippen MR) is 90.7 cm³/mol. The highest BCUT2D eigenvalue weighted by Gasteiger charge is 2.23. The van der Waals surface area contributed by atoms with Crippen molar-refractivity contribution >= 4 is 21.7 Å². The van der Waals surface area contributed by atoms with Gasteiger partial charge < -0.3 is 9.47 Å². The predicted octanol–water partition coefficient (Wildman–Crippen LogP) is 2.70. The Balaban J connectivity index is 2.39. The third-order valence-corrected chi connectivity index (χ3v) is 4.65. The monoisotopic (exact) mass is 378 g/mol. The Morgan fingerprint density at radius 2 is 1.96 bits per heavy atom. The van der Waals surface area contributed by atoms with E-state index in [0.29, 0.717) is 0 Å². The lowest BCUT2D eigenvalue weighted by atomic mass is 10.2. The molecule has 2 rings (SSSR count). The summed E-state index contributed by atoms with van der Waals surface area (Å²) in [5.74, 6) is -1.74. The molecule has 7 nitrogen and oxygen atoms in total. The number of carbonyl (C=O) groups excluding carboxylic acids is 1. The first-order chi connectivity index (χ1) is 12.3. The second-order valence-electron chi connectivity index (χ2n) is 5.13. The minimum Gasteiger partial charge on any atom is -0.495 e. The Morgan fingerprint density at radius 3 is 2.62 bits per heavy atom. The number of nitriles is 1. The standard InChI is InChI=1S/C17H15FN2O5S/c1-11(10-19)25-17(21)12-7-8-13(18)16(9-12)26(22,23)20-14-5-3-4-6-15(14)24-2/h3-9,11,20H,1-2H3/t11-/m0/s1. The van der Waals surface area contributed by atoms with Gasteiger partial charge in [-0.3, -0.25) is 4.72 Å². The number of esters is 1. The van der Waals surface area contributed by atoms with Crippen molar-refractivity contribution in [3.8, 4) is 11.8 Å². The van der Waals surface area contributed by atoms with E-state index in [4.69, 9.17) is 14.7 Å². The van der Waals surface area contributed by atoms with Crippen molar-refractivity contribution in [3.63, 3.8) is 0 Å². The molecule has 0 saturated carbocycles. The SMILES string of the molecule is COc1ccccc1NS(=O)(=O)c1cc(C(=O)O[C@@H](C)C#N)ccc1F. The minimum atomic E-state index is -4.34. The van der Waals surface area contributed by atoms with Gasteiger partial charge in [-0.1, -0.05) is 12.1 Å². The lowest BCUT2D eigenvalue weighted by Gasteiger charge is -2.13. The summed E-state index contributed by atoms with van der Waals surface area (Å²) in [6, 6.07) is 10.7. The maximum absolute atomic E-state index is 14.1. The maximum atomic E-state index is 14.1. The van der Waals surface area contributed by atoms with Crippen LogP contribution in [0.1, 0.15) is 17.3 Å². The van der Waals surface area contributed by atoms with Crippen molar-refractivity contribution in [1.29, 1.82) is 5.26 Å². The molecule has 0 unspecified atom stereocenters. The zero-order chi connectivity index (χ0) is 19.3. The van der Waals surface area contributed by atoms with Gasteiger partial charge in [-0.25, -0.2) is 17.6 Å². The first-order valence-corrected chi connectivity index (χ1v) is 8.83. The van der Waals surface area contributed by atoms with E-state index in [9.17, 15) is 17.6 Å². The Morgan fingerprint density at radius 1 is 1.27 bits per heavy atom. The highest BCUT2D eigenvalue weighted by Crippen LogP contribution is 2.27. The molecule has 0 radical (unpaired) electrons. The minimum absolute atomic E-state index is 0.112. The molecule has 26 heavy (non-hydrogen) atoms. The van der Waals surface area contributed by atoms with E-state index < -0.39 is 32.8 Å². The summed E-state index contributed by atoms with van der Waals surface area (Å²) in [4.78, 5) is 11.2. The number of rotatable bonds is 6. The van der Waals surface area contributed by atoms with Gasteiger partial charge >= 0.3 is 5.97 Å². The van der Waals surface area contributed by atoms with Gasteiger partial charge in [0.1, 0.15) is 22.5 Å². The van der Waals surface area contributed by atoms with Crippen molar-refractivity contribution < 1.29 is 27.1 Å². The van der Waals surface area contributed by atoms with Crippen LogP contribution in [-0.4, -0.2) is 27.6 Å². The molecule has 9 heteroatoms. The van der Waals surface area contributed by atoms with Crippen LogP contribution in [0.3, 0.4) is 0 Å². The van der Waals surface area contributed by atoms with Crippen molar-refractivity contribution in [2.75, 3.05) is 11.8 Å². The van der Waals surface area contributed by atoms with Crippen LogP contribution in [0.2, 0.25) is 0 Å². The van der Waals surface area contributed by atoms with Gasteiger partial charge in [0, 0.05) is 0 Å². The van der Waals surface area contributed by atoms with E-state index in [0.717, 1.165) is 18.2 Å². The zero-order valence-corrected chi connectivity index (χ0v) is 14.7. The van der Waals surface area contributed by atoms with Gasteiger partial charge in [0.25, 0.3) is 10.0 Å². The summed E-state index contributed by atoms with van der Waals surface area (Å²) in [7, 11) is -2.98. The largest absolute Gasteiger partial charge is 0.495 e. The third-order valence-electron chi connectivity index (χ3n) is 3.27. The van der Waals surface area contributed by atoms with Crippen molar-refractivity contribution in [2.45, 2.75) is 17.9 Å². The molecule has 2 aromatic rings. The number of hydrogen-bond acceptors (Lipinski definition) is 6. The number of halogens is 1. The third kappa shape index (κ3) is 4.29. The molecule has 0 saturated heterocycles. The molecule has 1 atom stereocenters. The van der Waals surface area contributed by atoms with Crippen LogP contribution in [0.15, 0.2) is 47.4 Å². The molecule has 0 fully saturated rings. The molecule has 2 aromatic carbocycles. The first-order valence-electron chi connectivity index (χ1n) is 7.34. The van der Waals surface area contributed by atoms with Crippen LogP contribution in [0.4, 0.5) is 10.1 Å². The van der Waals surface area contributed by atoms with Gasteiger partial charge in [-0.15, -0.1) is 0 Å². The number of nitrogens with one attached hydrogen (secondary N) is 1. The van der Waals surface area contributed by atoms with E-state index in [2.05, 4.69) is 4.72 Å². The van der Waals surface area contributed by atoms with E-state index >= 15 is 0 Å². The number of carbonyl (C=O) groups is 1. The van der Waals surface area contributed by atoms with Crippen molar-refractivity contribution in [1.82, 2.24) is 0 Å². The van der Waals surface area contributed by atoms with Crippen molar-refractivity contribution in [2.24, 2.45) is 0 Å². The van der Waals surface area contributed by atoms with Crippen molar-refractivity contribution in [3.05, 3.63) is 53.8 Å². The van der Waals surface area contributed by atoms with Crippen LogP contribution in [-0.2, 0) is 14.8 Å². The molecule has 0 spiro atoms. The normalized spacial score (nSPS) is 11.9. The highest BCUT2D eigenvalue weighted by molar-refractivity contribution is 7.92. The summed E-state index contributed by atoms with van der Waals surface area (Å²) in [6.07, 6.45) is -1.03. The molecular weight excluding hydrogens is 363 g/mol. The highest BCUT2D eigenvalue weighted by atomic mass is 32.2. The fourth-order valence-corrected chi connectivity index (χ4v) is 3.19. The zero-order valence-electron chi connectivity index (χ0n) is 13.9. The fourth-order valence-electron chi connectivity index (χ4n) is 2.02. The Kier molecular flexibility index (Phi) is 5.79. The molecule has 136 valence electrons. The smallest absolute Gasteiger partial charge is 0.339 e. The van der Waals surface area contributed by atoms with Crippen LogP contribution >= 0.6 is 0 Å². The van der Waals surface area contributed by atoms with E-state index in [1.165, 1.54) is 26.2 Å². The Hall–Kier alpha value is -3.12. The molecule has 0 amide bonds. The quantitative estimate of drug-likeness (QED) is 0.775. The lowest BCUT2D eigenvalue weighted by Crippen LogP contribution is -2.17. The van der Waals surface area contributed by atoms with Gasteiger partial charge in [-0.05, 0) is 37.3 Å². The Bertz CT molecular complexity index is 969. The summed E-state index contributed by atoms with van der Waals surface area (Å²) in [5.41, 5.74) is -0.0885. The molecule has 1 N–H and O–H groups in total. The second kappa shape index (κ2) is 7.84. The molecule has 0 aliphatic carbocycles. The van der Waals surface area contributed by atoms with E-state index in [1.807, 2.05) is 0 Å². The number of ether oxygens (including phenoxy) is 2. The lowest BCUT2D eigenvalue weighted by molar-refractivity contribution is 0.0435. The molecule has 0 aromatic heterocycles. The van der Waals surface area contributed by atoms with Gasteiger partial charge in [0.2, 0.25) is 0 Å². The average molecular weight is 378 g/mol. The molecular formula is C17H15FN2O5S. The number of nitrogens with zero attached hydrogens (tertiary/aromatic N) is 1. The molecule has 0 bridgehead atoms. The summed E-state index contributed by atoms with van der Waals surface area (Å²) < 4.78 is 51.2. The van der Waals surface area contributed by atoms with Gasteiger partial charge in [-0.2, -0.15) is 5.26 Å². The Labute approximate surface area is 150 Å². The molecule has 0 aliphatic heterocycles. The van der Waals surface area contributed by atoms with E-state index in [1.54, 1.807) is 18.2 Å². The van der Waals surface area contributed by atoms with Crippen LogP contribution in [0, 0.1) is 17.1 Å². The summed E-state index contributed by atoms with van der Waals surface area (Å²) in [6.45, 7) is 1.35. The number of anilines is 1. The first kappa shape index (κ1) is 19.2. The second-order valence-corrected chi connectivity index (χ2v) is 6.78. The summed E-state index contributed by atoms with van der Waals surface area (Å²) in [5, 5.41) is 8.67. The van der Waals surface area contributed by atoms with Crippen LogP contribution in [0.5, 0.6) is 5.75 Å². The number of sulfonamides is 1. The number of methoxy groups -OCH3 is 1.